The Bertz CT molecular complexity index is 356. The van der Waals surface area contributed by atoms with Gasteiger partial charge in [0.25, 0.3) is 0 Å². The lowest BCUT2D eigenvalue weighted by Gasteiger charge is -2.11. The molecular formula is C11H15ClN2. The van der Waals surface area contributed by atoms with Gasteiger partial charge in [-0.05, 0) is 37.6 Å². The number of aliphatic imine (C=N–C) groups is 1. The fourth-order valence-corrected chi connectivity index (χ4v) is 1.25. The van der Waals surface area contributed by atoms with Gasteiger partial charge in [-0.15, -0.1) is 0 Å². The second-order valence-corrected chi connectivity index (χ2v) is 3.92. The number of hydrogen-bond donors (Lipinski definition) is 0. The number of nitrogens with zero attached hydrogens (tertiary/aromatic N) is 2. The predicted molar refractivity (Wildman–Crippen MR) is 62.6 cm³/mol. The zero-order valence-electron chi connectivity index (χ0n) is 9.00. The van der Waals surface area contributed by atoms with E-state index in [1.54, 1.807) is 0 Å². The quantitative estimate of drug-likeness (QED) is 0.513. The summed E-state index contributed by atoms with van der Waals surface area (Å²) in [6.45, 7) is 3.99. The summed E-state index contributed by atoms with van der Waals surface area (Å²) < 4.78 is 0. The van der Waals surface area contributed by atoms with Crippen LogP contribution in [0.2, 0.25) is 5.02 Å². The molecule has 3 heteroatoms. The smallest absolute Gasteiger partial charge is 0.101 e. The van der Waals surface area contributed by atoms with Crippen LogP contribution < -0.4 is 0 Å². The van der Waals surface area contributed by atoms with Gasteiger partial charge in [0.15, 0.2) is 0 Å². The van der Waals surface area contributed by atoms with Crippen molar-refractivity contribution in [1.29, 1.82) is 0 Å². The molecule has 0 heterocycles. The second kappa shape index (κ2) is 4.47. The Morgan fingerprint density at radius 3 is 2.50 bits per heavy atom. The van der Waals surface area contributed by atoms with Crippen molar-refractivity contribution in [3.05, 3.63) is 28.8 Å². The lowest BCUT2D eigenvalue weighted by Crippen LogP contribution is -2.17. The average Bonchev–Trinajstić information content (AvgIpc) is 2.09. The van der Waals surface area contributed by atoms with Crippen molar-refractivity contribution < 1.29 is 0 Å². The highest BCUT2D eigenvalue weighted by molar-refractivity contribution is 6.30. The molecular weight excluding hydrogens is 196 g/mol. The normalized spacial score (nSPS) is 11.6. The van der Waals surface area contributed by atoms with Crippen LogP contribution in [0.15, 0.2) is 23.2 Å². The average molecular weight is 211 g/mol. The van der Waals surface area contributed by atoms with Crippen molar-refractivity contribution in [3.8, 4) is 0 Å². The molecule has 76 valence electrons. The van der Waals surface area contributed by atoms with E-state index in [0.29, 0.717) is 0 Å². The summed E-state index contributed by atoms with van der Waals surface area (Å²) in [4.78, 5) is 6.46. The third kappa shape index (κ3) is 2.74. The molecule has 0 aliphatic heterocycles. The van der Waals surface area contributed by atoms with Gasteiger partial charge in [-0.3, -0.25) is 0 Å². The molecule has 0 amide bonds. The monoisotopic (exact) mass is 210 g/mol. The molecule has 0 N–H and O–H groups in total. The Morgan fingerprint density at radius 2 is 2.00 bits per heavy atom. The fraction of sp³-hybridized carbons (Fsp3) is 0.364. The Balaban J connectivity index is 3.03. The highest BCUT2D eigenvalue weighted by atomic mass is 35.5. The molecule has 0 radical (unpaired) electrons. The van der Waals surface area contributed by atoms with E-state index in [4.69, 9.17) is 11.6 Å². The van der Waals surface area contributed by atoms with Crippen LogP contribution in [0.1, 0.15) is 12.5 Å². The number of amidine groups is 1. The highest BCUT2D eigenvalue weighted by Gasteiger charge is 1.99. The van der Waals surface area contributed by atoms with Crippen molar-refractivity contribution in [2.24, 2.45) is 4.99 Å². The zero-order valence-corrected chi connectivity index (χ0v) is 9.76. The maximum atomic E-state index is 5.86. The van der Waals surface area contributed by atoms with E-state index in [-0.39, 0.29) is 0 Å². The van der Waals surface area contributed by atoms with Gasteiger partial charge in [0.1, 0.15) is 5.84 Å². The molecule has 0 saturated carbocycles. The van der Waals surface area contributed by atoms with Crippen LogP contribution in [0, 0.1) is 6.92 Å². The largest absolute Gasteiger partial charge is 0.366 e. The molecule has 1 aromatic rings. The molecule has 0 bridgehead atoms. The number of aryl methyl sites for hydroxylation is 1. The Kier molecular flexibility index (Phi) is 3.53. The number of halogens is 1. The van der Waals surface area contributed by atoms with E-state index in [2.05, 4.69) is 4.99 Å². The molecule has 0 aliphatic carbocycles. The maximum absolute atomic E-state index is 5.86. The van der Waals surface area contributed by atoms with Crippen molar-refractivity contribution in [1.82, 2.24) is 4.90 Å². The first-order valence-corrected chi connectivity index (χ1v) is 4.87. The van der Waals surface area contributed by atoms with Crippen LogP contribution in [-0.2, 0) is 0 Å². The van der Waals surface area contributed by atoms with E-state index in [9.17, 15) is 0 Å². The summed E-state index contributed by atoms with van der Waals surface area (Å²) in [6.07, 6.45) is 0. The van der Waals surface area contributed by atoms with Gasteiger partial charge in [-0.1, -0.05) is 11.6 Å². The Morgan fingerprint density at radius 1 is 1.36 bits per heavy atom. The molecule has 1 rings (SSSR count). The summed E-state index contributed by atoms with van der Waals surface area (Å²) in [5, 5.41) is 0.754. The number of hydrogen-bond acceptors (Lipinski definition) is 1. The molecule has 0 aromatic heterocycles. The summed E-state index contributed by atoms with van der Waals surface area (Å²) in [5.41, 5.74) is 2.07. The van der Waals surface area contributed by atoms with Gasteiger partial charge in [-0.25, -0.2) is 4.99 Å². The topological polar surface area (TPSA) is 15.6 Å². The molecule has 0 atom stereocenters. The Labute approximate surface area is 90.2 Å². The van der Waals surface area contributed by atoms with Gasteiger partial charge < -0.3 is 4.90 Å². The minimum absolute atomic E-state index is 0.754. The first kappa shape index (κ1) is 11.1. The van der Waals surface area contributed by atoms with E-state index >= 15 is 0 Å². The SMILES string of the molecule is C/C(=N\c1ccc(Cl)cc1C)N(C)C. The van der Waals surface area contributed by atoms with Crippen molar-refractivity contribution in [2.45, 2.75) is 13.8 Å². The van der Waals surface area contributed by atoms with Gasteiger partial charge in [0.05, 0.1) is 5.69 Å². The van der Waals surface area contributed by atoms with Crippen molar-refractivity contribution in [3.63, 3.8) is 0 Å². The van der Waals surface area contributed by atoms with E-state index in [1.165, 1.54) is 0 Å². The van der Waals surface area contributed by atoms with Crippen LogP contribution in [-0.4, -0.2) is 24.8 Å². The van der Waals surface area contributed by atoms with Gasteiger partial charge in [-0.2, -0.15) is 0 Å². The molecule has 1 aromatic carbocycles. The Hall–Kier alpha value is -1.02. The lowest BCUT2D eigenvalue weighted by atomic mass is 10.2. The third-order valence-electron chi connectivity index (χ3n) is 2.09. The lowest BCUT2D eigenvalue weighted by molar-refractivity contribution is 0.619. The van der Waals surface area contributed by atoms with Gasteiger partial charge in [0.2, 0.25) is 0 Å². The molecule has 0 unspecified atom stereocenters. The molecule has 0 aliphatic rings. The molecule has 0 spiro atoms. The highest BCUT2D eigenvalue weighted by Crippen LogP contribution is 2.22. The van der Waals surface area contributed by atoms with E-state index in [1.807, 2.05) is 51.0 Å². The minimum Gasteiger partial charge on any atom is -0.366 e. The van der Waals surface area contributed by atoms with E-state index < -0.39 is 0 Å². The zero-order chi connectivity index (χ0) is 10.7. The molecule has 0 saturated heterocycles. The first-order chi connectivity index (χ1) is 6.50. The van der Waals surface area contributed by atoms with E-state index in [0.717, 1.165) is 22.1 Å². The van der Waals surface area contributed by atoms with Gasteiger partial charge >= 0.3 is 0 Å². The number of benzene rings is 1. The summed E-state index contributed by atoms with van der Waals surface area (Å²) >= 11 is 5.86. The van der Waals surface area contributed by atoms with Crippen LogP contribution in [0.3, 0.4) is 0 Å². The maximum Gasteiger partial charge on any atom is 0.101 e. The van der Waals surface area contributed by atoms with Crippen LogP contribution in [0.4, 0.5) is 5.69 Å². The predicted octanol–water partition coefficient (Wildman–Crippen LogP) is 3.26. The molecule has 14 heavy (non-hydrogen) atoms. The second-order valence-electron chi connectivity index (χ2n) is 3.48. The first-order valence-electron chi connectivity index (χ1n) is 4.49. The van der Waals surface area contributed by atoms with Crippen LogP contribution in [0.5, 0.6) is 0 Å². The molecule has 0 fully saturated rings. The summed E-state index contributed by atoms with van der Waals surface area (Å²) in [5.74, 6) is 0.982. The minimum atomic E-state index is 0.754. The van der Waals surface area contributed by atoms with Crippen molar-refractivity contribution in [2.75, 3.05) is 14.1 Å². The standard InChI is InChI=1S/C11H15ClN2/c1-8-7-10(12)5-6-11(8)13-9(2)14(3)4/h5-7H,1-4H3/b13-9+. The number of rotatable bonds is 1. The van der Waals surface area contributed by atoms with Crippen LogP contribution in [0.25, 0.3) is 0 Å². The molecule has 2 nitrogen and oxygen atoms in total. The van der Waals surface area contributed by atoms with Crippen LogP contribution >= 0.6 is 11.6 Å². The third-order valence-corrected chi connectivity index (χ3v) is 2.32. The summed E-state index contributed by atoms with van der Waals surface area (Å²) in [7, 11) is 3.95. The van der Waals surface area contributed by atoms with Gasteiger partial charge in [0, 0.05) is 19.1 Å². The van der Waals surface area contributed by atoms with Crippen molar-refractivity contribution >= 4 is 23.1 Å². The fourth-order valence-electron chi connectivity index (χ4n) is 1.02. The summed E-state index contributed by atoms with van der Waals surface area (Å²) in [6, 6.07) is 5.71.